The van der Waals surface area contributed by atoms with Crippen molar-refractivity contribution in [2.24, 2.45) is 0 Å². The first kappa shape index (κ1) is 19.9. The first-order valence-corrected chi connectivity index (χ1v) is 10.5. The molecule has 0 radical (unpaired) electrons. The number of hydrogen-bond acceptors (Lipinski definition) is 4. The van der Waals surface area contributed by atoms with Crippen LogP contribution in [0.1, 0.15) is 57.6 Å². The minimum Gasteiger partial charge on any atom is -0.354 e. The van der Waals surface area contributed by atoms with Gasteiger partial charge in [0.2, 0.25) is 11.8 Å². The van der Waals surface area contributed by atoms with E-state index in [0.717, 1.165) is 24.5 Å². The maximum atomic E-state index is 12.8. The molecule has 2 amide bonds. The summed E-state index contributed by atoms with van der Waals surface area (Å²) in [6, 6.07) is 1.43. The van der Waals surface area contributed by atoms with E-state index in [0.29, 0.717) is 25.9 Å². The molecule has 1 fully saturated rings. The summed E-state index contributed by atoms with van der Waals surface area (Å²) in [6.07, 6.45) is 7.19. The highest BCUT2D eigenvalue weighted by Crippen LogP contribution is 2.26. The number of amides is 2. The molecule has 0 saturated carbocycles. The van der Waals surface area contributed by atoms with Crippen LogP contribution < -0.4 is 10.2 Å². The molecular formula is C20H33N5O2. The number of hydrogen-bond donors (Lipinski definition) is 1. The van der Waals surface area contributed by atoms with Crippen LogP contribution in [0.4, 0.5) is 5.82 Å². The summed E-state index contributed by atoms with van der Waals surface area (Å²) in [5.41, 5.74) is 0.873. The van der Waals surface area contributed by atoms with Crippen LogP contribution in [0, 0.1) is 6.92 Å². The Morgan fingerprint density at radius 2 is 1.96 bits per heavy atom. The number of nitrogens with zero attached hydrogens (tertiary/aromatic N) is 4. The molecule has 7 nitrogen and oxygen atoms in total. The van der Waals surface area contributed by atoms with Crippen LogP contribution in [-0.4, -0.2) is 58.7 Å². The monoisotopic (exact) mass is 375 g/mol. The highest BCUT2D eigenvalue weighted by atomic mass is 16.2. The van der Waals surface area contributed by atoms with E-state index >= 15 is 0 Å². The molecule has 2 aliphatic rings. The van der Waals surface area contributed by atoms with Gasteiger partial charge in [-0.15, -0.1) is 0 Å². The van der Waals surface area contributed by atoms with Crippen LogP contribution in [0.2, 0.25) is 0 Å². The number of aromatic nitrogens is 2. The average Bonchev–Trinajstić information content (AvgIpc) is 2.85. The van der Waals surface area contributed by atoms with Gasteiger partial charge in [0, 0.05) is 19.0 Å². The second-order valence-corrected chi connectivity index (χ2v) is 7.71. The molecule has 2 aliphatic heterocycles. The van der Waals surface area contributed by atoms with Gasteiger partial charge in [-0.05, 0) is 52.2 Å². The molecule has 1 unspecified atom stereocenters. The molecule has 7 heteroatoms. The normalized spacial score (nSPS) is 19.5. The summed E-state index contributed by atoms with van der Waals surface area (Å²) in [4.78, 5) is 29.5. The zero-order chi connectivity index (χ0) is 19.2. The van der Waals surface area contributed by atoms with Crippen molar-refractivity contribution in [2.45, 2.75) is 71.4 Å². The standard InChI is InChI=1S/C20H33N5O2/c1-3-17(25-18-15-16(2)22-24(18)14-9-19(25)26)20(27)21-10-8-13-23-11-6-4-5-7-12-23/h15,17H,3-14H2,1-2H3,(H,21,27). The zero-order valence-electron chi connectivity index (χ0n) is 16.7. The molecule has 27 heavy (non-hydrogen) atoms. The van der Waals surface area contributed by atoms with Crippen LogP contribution in [0.15, 0.2) is 6.07 Å². The molecule has 3 heterocycles. The molecular weight excluding hydrogens is 342 g/mol. The van der Waals surface area contributed by atoms with Crippen LogP contribution in [-0.2, 0) is 16.1 Å². The number of rotatable bonds is 7. The smallest absolute Gasteiger partial charge is 0.243 e. The van der Waals surface area contributed by atoms with E-state index < -0.39 is 6.04 Å². The second kappa shape index (κ2) is 9.35. The Bertz CT molecular complexity index is 649. The number of carbonyl (C=O) groups is 2. The lowest BCUT2D eigenvalue weighted by Crippen LogP contribution is -2.52. The second-order valence-electron chi connectivity index (χ2n) is 7.71. The van der Waals surface area contributed by atoms with Crippen molar-refractivity contribution in [3.05, 3.63) is 11.8 Å². The van der Waals surface area contributed by atoms with Gasteiger partial charge in [0.1, 0.15) is 11.9 Å². The molecule has 0 aromatic carbocycles. The van der Waals surface area contributed by atoms with Crippen LogP contribution in [0.5, 0.6) is 0 Å². The Hall–Kier alpha value is -1.89. The molecule has 1 saturated heterocycles. The fourth-order valence-electron chi connectivity index (χ4n) is 4.15. The van der Waals surface area contributed by atoms with Gasteiger partial charge in [0.15, 0.2) is 0 Å². The van der Waals surface area contributed by atoms with Gasteiger partial charge >= 0.3 is 0 Å². The Balaban J connectivity index is 1.54. The van der Waals surface area contributed by atoms with Gasteiger partial charge in [0.25, 0.3) is 0 Å². The molecule has 1 aromatic heterocycles. The van der Waals surface area contributed by atoms with Gasteiger partial charge in [-0.3, -0.25) is 14.5 Å². The zero-order valence-corrected chi connectivity index (χ0v) is 16.7. The SMILES string of the molecule is CCC(C(=O)NCCCN1CCCCCC1)N1C(=O)CCn2nc(C)cc21. The van der Waals surface area contributed by atoms with Crippen molar-refractivity contribution in [3.63, 3.8) is 0 Å². The van der Waals surface area contributed by atoms with Crippen molar-refractivity contribution >= 4 is 17.6 Å². The van der Waals surface area contributed by atoms with E-state index in [-0.39, 0.29) is 11.8 Å². The molecule has 0 spiro atoms. The van der Waals surface area contributed by atoms with Crippen LogP contribution in [0.3, 0.4) is 0 Å². The van der Waals surface area contributed by atoms with Crippen molar-refractivity contribution in [1.29, 1.82) is 0 Å². The summed E-state index contributed by atoms with van der Waals surface area (Å²) < 4.78 is 1.84. The number of anilines is 1. The minimum absolute atomic E-state index is 0.00830. The summed E-state index contributed by atoms with van der Waals surface area (Å²) in [6.45, 7) is 8.51. The Morgan fingerprint density at radius 1 is 1.22 bits per heavy atom. The van der Waals surface area contributed by atoms with Crippen LogP contribution >= 0.6 is 0 Å². The molecule has 1 atom stereocenters. The van der Waals surface area contributed by atoms with E-state index in [2.05, 4.69) is 15.3 Å². The number of aryl methyl sites for hydroxylation is 2. The lowest BCUT2D eigenvalue weighted by molar-refractivity contribution is -0.127. The van der Waals surface area contributed by atoms with E-state index in [1.54, 1.807) is 4.90 Å². The predicted octanol–water partition coefficient (Wildman–Crippen LogP) is 2.09. The van der Waals surface area contributed by atoms with Gasteiger partial charge in [-0.2, -0.15) is 5.10 Å². The van der Waals surface area contributed by atoms with Gasteiger partial charge in [0.05, 0.1) is 12.2 Å². The largest absolute Gasteiger partial charge is 0.354 e. The number of carbonyl (C=O) groups excluding carboxylic acids is 2. The predicted molar refractivity (Wildman–Crippen MR) is 106 cm³/mol. The minimum atomic E-state index is -0.467. The third-order valence-electron chi connectivity index (χ3n) is 5.58. The Morgan fingerprint density at radius 3 is 2.67 bits per heavy atom. The quantitative estimate of drug-likeness (QED) is 0.741. The van der Waals surface area contributed by atoms with Gasteiger partial charge in [-0.1, -0.05) is 19.8 Å². The van der Waals surface area contributed by atoms with Crippen molar-refractivity contribution in [3.8, 4) is 0 Å². The lowest BCUT2D eigenvalue weighted by Gasteiger charge is -2.33. The maximum absolute atomic E-state index is 12.8. The summed E-state index contributed by atoms with van der Waals surface area (Å²) in [5.74, 6) is 0.693. The van der Waals surface area contributed by atoms with Crippen LogP contribution in [0.25, 0.3) is 0 Å². The Kier molecular flexibility index (Phi) is 6.88. The third kappa shape index (κ3) is 4.89. The molecule has 150 valence electrons. The lowest BCUT2D eigenvalue weighted by atomic mass is 10.1. The first-order valence-electron chi connectivity index (χ1n) is 10.5. The summed E-state index contributed by atoms with van der Waals surface area (Å²) in [7, 11) is 0. The number of fused-ring (bicyclic) bond motifs is 1. The average molecular weight is 376 g/mol. The van der Waals surface area contributed by atoms with Gasteiger partial charge < -0.3 is 10.2 Å². The highest BCUT2D eigenvalue weighted by Gasteiger charge is 2.34. The molecule has 0 bridgehead atoms. The summed E-state index contributed by atoms with van der Waals surface area (Å²) >= 11 is 0. The molecule has 1 aromatic rings. The van der Waals surface area contributed by atoms with E-state index in [1.165, 1.54) is 38.8 Å². The van der Waals surface area contributed by atoms with Crippen molar-refractivity contribution < 1.29 is 9.59 Å². The number of likely N-dealkylation sites (tertiary alicyclic amines) is 1. The topological polar surface area (TPSA) is 70.5 Å². The highest BCUT2D eigenvalue weighted by molar-refractivity contribution is 6.00. The third-order valence-corrected chi connectivity index (χ3v) is 5.58. The van der Waals surface area contributed by atoms with Crippen molar-refractivity contribution in [1.82, 2.24) is 20.0 Å². The maximum Gasteiger partial charge on any atom is 0.243 e. The van der Waals surface area contributed by atoms with Crippen molar-refractivity contribution in [2.75, 3.05) is 31.1 Å². The van der Waals surface area contributed by atoms with Gasteiger partial charge in [-0.25, -0.2) is 4.68 Å². The molecule has 1 N–H and O–H groups in total. The van der Waals surface area contributed by atoms with E-state index in [1.807, 2.05) is 24.6 Å². The molecule has 3 rings (SSSR count). The first-order chi connectivity index (χ1) is 13.1. The fraction of sp³-hybridized carbons (Fsp3) is 0.750. The van der Waals surface area contributed by atoms with E-state index in [4.69, 9.17) is 0 Å². The Labute approximate surface area is 162 Å². The molecule has 0 aliphatic carbocycles. The summed E-state index contributed by atoms with van der Waals surface area (Å²) in [5, 5.41) is 7.49. The fourth-order valence-corrected chi connectivity index (χ4v) is 4.15. The van der Waals surface area contributed by atoms with E-state index in [9.17, 15) is 9.59 Å². The number of nitrogens with one attached hydrogen (secondary N) is 1.